The normalized spacial score (nSPS) is 28.0. The third kappa shape index (κ3) is 1.19. The van der Waals surface area contributed by atoms with Crippen molar-refractivity contribution >= 4 is 5.95 Å². The fourth-order valence-electron chi connectivity index (χ4n) is 2.30. The molecule has 2 heterocycles. The van der Waals surface area contributed by atoms with Crippen molar-refractivity contribution in [3.8, 4) is 6.01 Å². The second-order valence-corrected chi connectivity index (χ2v) is 3.90. The summed E-state index contributed by atoms with van der Waals surface area (Å²) in [5.41, 5.74) is 0. The number of hydrogen-bond donors (Lipinski definition) is 0. The van der Waals surface area contributed by atoms with Crippen LogP contribution >= 0.6 is 0 Å². The first-order chi connectivity index (χ1) is 7.25. The highest BCUT2D eigenvalue weighted by atomic mass is 16.6. The van der Waals surface area contributed by atoms with Gasteiger partial charge in [-0.05, 0) is 29.2 Å². The van der Waals surface area contributed by atoms with Gasteiger partial charge in [0.05, 0.1) is 0 Å². The van der Waals surface area contributed by atoms with Crippen LogP contribution in [0.4, 0.5) is 5.95 Å². The van der Waals surface area contributed by atoms with Gasteiger partial charge in [-0.3, -0.25) is 0 Å². The minimum absolute atomic E-state index is 0.120. The van der Waals surface area contributed by atoms with Crippen molar-refractivity contribution in [1.82, 2.24) is 14.8 Å². The van der Waals surface area contributed by atoms with E-state index in [0.717, 1.165) is 25.7 Å². The molecule has 0 aromatic carbocycles. The van der Waals surface area contributed by atoms with Gasteiger partial charge in [0.25, 0.3) is 0 Å². The molecule has 0 amide bonds. The smallest absolute Gasteiger partial charge is 0.445 e. The van der Waals surface area contributed by atoms with E-state index in [1.165, 1.54) is 0 Å². The molecule has 0 saturated heterocycles. The van der Waals surface area contributed by atoms with Crippen LogP contribution in [0, 0.1) is 10.1 Å². The van der Waals surface area contributed by atoms with Gasteiger partial charge in [-0.25, -0.2) is 0 Å². The number of aromatic nitrogens is 3. The molecule has 3 rings (SSSR count). The summed E-state index contributed by atoms with van der Waals surface area (Å²) in [6.45, 7) is 0. The van der Waals surface area contributed by atoms with Gasteiger partial charge in [0, 0.05) is 5.10 Å². The van der Waals surface area contributed by atoms with E-state index in [1.807, 2.05) is 0 Å². The molecular formula is C8H10N4O3. The minimum Gasteiger partial charge on any atom is -0.445 e. The number of rotatable bonds is 1. The van der Waals surface area contributed by atoms with E-state index in [1.54, 1.807) is 4.68 Å². The fourth-order valence-corrected chi connectivity index (χ4v) is 2.30. The summed E-state index contributed by atoms with van der Waals surface area (Å²) >= 11 is 0. The maximum atomic E-state index is 10.5. The first kappa shape index (κ1) is 8.63. The van der Waals surface area contributed by atoms with E-state index < -0.39 is 4.92 Å². The maximum absolute atomic E-state index is 10.5. The number of ether oxygens (including phenoxy) is 1. The van der Waals surface area contributed by atoms with Gasteiger partial charge in [-0.1, -0.05) is 6.42 Å². The van der Waals surface area contributed by atoms with E-state index in [2.05, 4.69) is 10.1 Å². The lowest BCUT2D eigenvalue weighted by Gasteiger charge is -2.21. The van der Waals surface area contributed by atoms with Crippen LogP contribution in [0.2, 0.25) is 0 Å². The second-order valence-electron chi connectivity index (χ2n) is 3.90. The van der Waals surface area contributed by atoms with E-state index in [-0.39, 0.29) is 18.1 Å². The topological polar surface area (TPSA) is 83.1 Å². The first-order valence-corrected chi connectivity index (χ1v) is 5.03. The first-order valence-electron chi connectivity index (χ1n) is 5.03. The monoisotopic (exact) mass is 210 g/mol. The third-order valence-electron chi connectivity index (χ3n) is 2.99. The van der Waals surface area contributed by atoms with Crippen LogP contribution in [-0.4, -0.2) is 25.8 Å². The zero-order valence-electron chi connectivity index (χ0n) is 8.00. The summed E-state index contributed by atoms with van der Waals surface area (Å²) in [4.78, 5) is 13.6. The van der Waals surface area contributed by atoms with Gasteiger partial charge in [0.15, 0.2) is 0 Å². The Balaban J connectivity index is 1.96. The highest BCUT2D eigenvalue weighted by Crippen LogP contribution is 2.39. The number of hydrogen-bond acceptors (Lipinski definition) is 5. The molecule has 1 aliphatic carbocycles. The zero-order chi connectivity index (χ0) is 10.4. The van der Waals surface area contributed by atoms with Gasteiger partial charge in [-0.15, -0.1) is 4.68 Å². The number of fused-ring (bicyclic) bond motifs is 3. The molecule has 1 saturated carbocycles. The summed E-state index contributed by atoms with van der Waals surface area (Å²) < 4.78 is 7.10. The van der Waals surface area contributed by atoms with Crippen LogP contribution in [-0.2, 0) is 0 Å². The van der Waals surface area contributed by atoms with Gasteiger partial charge in [-0.2, -0.15) is 0 Å². The van der Waals surface area contributed by atoms with Crippen molar-refractivity contribution in [3.05, 3.63) is 10.1 Å². The Bertz CT molecular complexity index is 416. The molecule has 0 spiro atoms. The number of nitrogens with zero attached hydrogens (tertiary/aromatic N) is 4. The van der Waals surface area contributed by atoms with Crippen molar-refractivity contribution in [2.24, 2.45) is 0 Å². The molecule has 7 heteroatoms. The average molecular weight is 210 g/mol. The maximum Gasteiger partial charge on any atom is 0.494 e. The van der Waals surface area contributed by atoms with Crippen LogP contribution in [0.3, 0.4) is 0 Å². The van der Waals surface area contributed by atoms with Gasteiger partial charge in [0.1, 0.15) is 12.1 Å². The molecule has 0 unspecified atom stereocenters. The Morgan fingerprint density at radius 1 is 1.47 bits per heavy atom. The van der Waals surface area contributed by atoms with Crippen molar-refractivity contribution in [1.29, 1.82) is 0 Å². The number of nitro groups is 1. The summed E-state index contributed by atoms with van der Waals surface area (Å²) in [5.74, 6) is -0.367. The second kappa shape index (κ2) is 2.91. The minimum atomic E-state index is -0.591. The highest BCUT2D eigenvalue weighted by Gasteiger charge is 2.43. The van der Waals surface area contributed by atoms with Crippen LogP contribution in [0.5, 0.6) is 6.01 Å². The predicted molar refractivity (Wildman–Crippen MR) is 48.6 cm³/mol. The largest absolute Gasteiger partial charge is 0.494 e. The molecule has 0 N–H and O–H groups in total. The standard InChI is InChI=1S/C8H10N4O3/c13-12(14)7-9-8-11(10-7)5-3-1-2-4-6(5)15-8/h5-6H,1-4H2/t5-,6+/m1/s1. The van der Waals surface area contributed by atoms with Gasteiger partial charge >= 0.3 is 12.0 Å². The van der Waals surface area contributed by atoms with Gasteiger partial charge < -0.3 is 14.9 Å². The van der Waals surface area contributed by atoms with Crippen molar-refractivity contribution < 1.29 is 9.66 Å². The van der Waals surface area contributed by atoms with E-state index in [0.29, 0.717) is 6.01 Å². The van der Waals surface area contributed by atoms with Crippen LogP contribution in [0.1, 0.15) is 31.7 Å². The van der Waals surface area contributed by atoms with Crippen LogP contribution in [0.15, 0.2) is 0 Å². The Labute approximate surface area is 85.2 Å². The predicted octanol–water partition coefficient (Wildman–Crippen LogP) is 1.06. The molecule has 1 aromatic rings. The molecule has 0 bridgehead atoms. The van der Waals surface area contributed by atoms with Crippen LogP contribution < -0.4 is 4.74 Å². The van der Waals surface area contributed by atoms with Crippen molar-refractivity contribution in [2.45, 2.75) is 37.8 Å². The molecule has 80 valence electrons. The quantitative estimate of drug-likeness (QED) is 0.511. The molecule has 15 heavy (non-hydrogen) atoms. The molecule has 1 aromatic heterocycles. The lowest BCUT2D eigenvalue weighted by atomic mass is 9.93. The average Bonchev–Trinajstić information content (AvgIpc) is 2.73. The SMILES string of the molecule is O=[N+]([O-])c1nc2n(n1)[C@@H]1CCCC[C@@H]1O2. The third-order valence-corrected chi connectivity index (χ3v) is 2.99. The Morgan fingerprint density at radius 2 is 2.27 bits per heavy atom. The van der Waals surface area contributed by atoms with Crippen LogP contribution in [0.25, 0.3) is 0 Å². The van der Waals surface area contributed by atoms with Crippen molar-refractivity contribution in [3.63, 3.8) is 0 Å². The zero-order valence-corrected chi connectivity index (χ0v) is 8.00. The molecule has 0 radical (unpaired) electrons. The summed E-state index contributed by atoms with van der Waals surface area (Å²) in [5, 5.41) is 14.3. The molecule has 1 aliphatic heterocycles. The summed E-state index contributed by atoms with van der Waals surface area (Å²) in [7, 11) is 0. The van der Waals surface area contributed by atoms with E-state index in [9.17, 15) is 10.1 Å². The molecule has 2 atom stereocenters. The lowest BCUT2D eigenvalue weighted by Crippen LogP contribution is -2.25. The Kier molecular flexibility index (Phi) is 1.68. The molecule has 1 fully saturated rings. The fraction of sp³-hybridized carbons (Fsp3) is 0.750. The molecule has 7 nitrogen and oxygen atoms in total. The Hall–Kier alpha value is -1.66. The highest BCUT2D eigenvalue weighted by molar-refractivity contribution is 5.14. The summed E-state index contributed by atoms with van der Waals surface area (Å²) in [6, 6.07) is 0.452. The van der Waals surface area contributed by atoms with Crippen molar-refractivity contribution in [2.75, 3.05) is 0 Å². The Morgan fingerprint density at radius 3 is 3.07 bits per heavy atom. The molecular weight excluding hydrogens is 200 g/mol. The molecule has 2 aliphatic rings. The van der Waals surface area contributed by atoms with E-state index >= 15 is 0 Å². The summed E-state index contributed by atoms with van der Waals surface area (Å²) in [6.07, 6.45) is 4.35. The van der Waals surface area contributed by atoms with Gasteiger partial charge in [0.2, 0.25) is 0 Å². The van der Waals surface area contributed by atoms with E-state index in [4.69, 9.17) is 4.74 Å². The lowest BCUT2D eigenvalue weighted by molar-refractivity contribution is -0.394.